The van der Waals surface area contributed by atoms with Gasteiger partial charge in [-0.05, 0) is 65.1 Å². The van der Waals surface area contributed by atoms with Crippen molar-refractivity contribution in [1.82, 2.24) is 9.55 Å². The lowest BCUT2D eigenvalue weighted by atomic mass is 10.0. The predicted molar refractivity (Wildman–Crippen MR) is 116 cm³/mol. The van der Waals surface area contributed by atoms with Gasteiger partial charge in [0.1, 0.15) is 16.4 Å². The van der Waals surface area contributed by atoms with Crippen LogP contribution in [0.25, 0.3) is 32.6 Å². The summed E-state index contributed by atoms with van der Waals surface area (Å²) in [6, 6.07) is 14.5. The van der Waals surface area contributed by atoms with Crippen LogP contribution in [0.1, 0.15) is 29.6 Å². The van der Waals surface area contributed by atoms with E-state index in [4.69, 9.17) is 9.72 Å². The molecule has 0 N–H and O–H groups in total. The van der Waals surface area contributed by atoms with E-state index in [1.54, 1.807) is 18.4 Å². The Morgan fingerprint density at radius 2 is 2.00 bits per heavy atom. The molecule has 0 saturated heterocycles. The molecular formula is C23H20N2O2S. The standard InChI is InChI=1S/C23H20N2O2S/c1-3-19-13-20-22(28-19)24-21-17(8-9-25(21)23(20)26)11-14-4-5-16-12-18(27-2)7-6-15(16)10-14/h4-7,10-13H,3,8-9H2,1-2H3/b17-11+. The quantitative estimate of drug-likeness (QED) is 0.489. The molecule has 1 aliphatic rings. The Labute approximate surface area is 166 Å². The number of fused-ring (bicyclic) bond motifs is 3. The highest BCUT2D eigenvalue weighted by Gasteiger charge is 2.22. The van der Waals surface area contributed by atoms with Crippen molar-refractivity contribution in [2.45, 2.75) is 26.3 Å². The summed E-state index contributed by atoms with van der Waals surface area (Å²) >= 11 is 1.63. The number of aromatic nitrogens is 2. The molecule has 0 unspecified atom stereocenters. The topological polar surface area (TPSA) is 44.1 Å². The van der Waals surface area contributed by atoms with Gasteiger partial charge < -0.3 is 4.74 Å². The molecule has 2 aromatic heterocycles. The Balaban J connectivity index is 1.60. The van der Waals surface area contributed by atoms with Crippen LogP contribution in [0.15, 0.2) is 47.3 Å². The number of benzene rings is 2. The van der Waals surface area contributed by atoms with Gasteiger partial charge in [0, 0.05) is 11.4 Å². The Morgan fingerprint density at radius 1 is 1.18 bits per heavy atom. The number of allylic oxidation sites excluding steroid dienone is 1. The number of aryl methyl sites for hydroxylation is 1. The first kappa shape index (κ1) is 17.2. The fraction of sp³-hybridized carbons (Fsp3) is 0.217. The van der Waals surface area contributed by atoms with Crippen LogP contribution >= 0.6 is 11.3 Å². The maximum Gasteiger partial charge on any atom is 0.262 e. The molecule has 140 valence electrons. The van der Waals surface area contributed by atoms with Crippen LogP contribution in [0, 0.1) is 0 Å². The van der Waals surface area contributed by atoms with Crippen LogP contribution in [0.2, 0.25) is 0 Å². The van der Waals surface area contributed by atoms with E-state index in [-0.39, 0.29) is 5.56 Å². The van der Waals surface area contributed by atoms with Crippen LogP contribution in [0.3, 0.4) is 0 Å². The van der Waals surface area contributed by atoms with Gasteiger partial charge >= 0.3 is 0 Å². The predicted octanol–water partition coefficient (Wildman–Crippen LogP) is 5.13. The van der Waals surface area contributed by atoms with Gasteiger partial charge in [-0.25, -0.2) is 4.98 Å². The molecule has 0 spiro atoms. The number of nitrogens with zero attached hydrogens (tertiary/aromatic N) is 2. The van der Waals surface area contributed by atoms with Crippen molar-refractivity contribution in [2.75, 3.05) is 7.11 Å². The van der Waals surface area contributed by atoms with Crippen LogP contribution in [-0.4, -0.2) is 16.7 Å². The van der Waals surface area contributed by atoms with E-state index in [9.17, 15) is 4.79 Å². The van der Waals surface area contributed by atoms with Crippen molar-refractivity contribution >= 4 is 44.0 Å². The molecule has 5 heteroatoms. The van der Waals surface area contributed by atoms with Gasteiger partial charge in [0.15, 0.2) is 0 Å². The van der Waals surface area contributed by atoms with Crippen molar-refractivity contribution in [3.8, 4) is 5.75 Å². The molecule has 0 amide bonds. The Bertz CT molecular complexity index is 1310. The molecule has 3 heterocycles. The molecule has 5 rings (SSSR count). The first-order valence-electron chi connectivity index (χ1n) is 9.48. The number of methoxy groups -OCH3 is 1. The summed E-state index contributed by atoms with van der Waals surface area (Å²) in [6.07, 6.45) is 3.93. The molecule has 0 radical (unpaired) electrons. The molecule has 1 aliphatic heterocycles. The third-order valence-corrected chi connectivity index (χ3v) is 6.53. The van der Waals surface area contributed by atoms with Gasteiger partial charge in [-0.15, -0.1) is 11.3 Å². The molecule has 0 atom stereocenters. The summed E-state index contributed by atoms with van der Waals surface area (Å²) in [7, 11) is 1.68. The van der Waals surface area contributed by atoms with Crippen molar-refractivity contribution in [2.24, 2.45) is 0 Å². The van der Waals surface area contributed by atoms with Crippen molar-refractivity contribution in [3.63, 3.8) is 0 Å². The van der Waals surface area contributed by atoms with Crippen molar-refractivity contribution in [1.29, 1.82) is 0 Å². The average Bonchev–Trinajstić information content (AvgIpc) is 3.32. The summed E-state index contributed by atoms with van der Waals surface area (Å²) < 4.78 is 7.13. The molecule has 0 saturated carbocycles. The fourth-order valence-electron chi connectivity index (χ4n) is 3.83. The number of hydrogen-bond acceptors (Lipinski definition) is 4. The third-order valence-electron chi connectivity index (χ3n) is 5.35. The Morgan fingerprint density at radius 3 is 2.82 bits per heavy atom. The average molecular weight is 388 g/mol. The Hall–Kier alpha value is -2.92. The van der Waals surface area contributed by atoms with E-state index in [1.165, 1.54) is 10.3 Å². The largest absolute Gasteiger partial charge is 0.497 e. The highest BCUT2D eigenvalue weighted by Crippen LogP contribution is 2.31. The zero-order valence-electron chi connectivity index (χ0n) is 15.9. The summed E-state index contributed by atoms with van der Waals surface area (Å²) in [4.78, 5) is 19.8. The fourth-order valence-corrected chi connectivity index (χ4v) is 4.79. The SMILES string of the molecule is CCc1cc2c(=O)n3c(nc2s1)/C(=C/c1ccc2cc(OC)ccc2c1)CC3. The van der Waals surface area contributed by atoms with Crippen LogP contribution < -0.4 is 10.3 Å². The molecule has 0 aliphatic carbocycles. The molecule has 0 fully saturated rings. The smallest absolute Gasteiger partial charge is 0.262 e. The van der Waals surface area contributed by atoms with Gasteiger partial charge in [0.05, 0.1) is 12.5 Å². The van der Waals surface area contributed by atoms with E-state index in [0.29, 0.717) is 6.54 Å². The monoisotopic (exact) mass is 388 g/mol. The summed E-state index contributed by atoms with van der Waals surface area (Å²) in [5.41, 5.74) is 2.33. The molecule has 28 heavy (non-hydrogen) atoms. The summed E-state index contributed by atoms with van der Waals surface area (Å²) in [6.45, 7) is 2.81. The van der Waals surface area contributed by atoms with Crippen LogP contribution in [-0.2, 0) is 13.0 Å². The van der Waals surface area contributed by atoms with Gasteiger partial charge in [0.2, 0.25) is 0 Å². The number of thiophene rings is 1. The highest BCUT2D eigenvalue weighted by molar-refractivity contribution is 7.18. The lowest BCUT2D eigenvalue weighted by Crippen LogP contribution is -2.19. The minimum Gasteiger partial charge on any atom is -0.497 e. The van der Waals surface area contributed by atoms with E-state index in [1.807, 2.05) is 22.8 Å². The normalized spacial score (nSPS) is 14.9. The van der Waals surface area contributed by atoms with Crippen LogP contribution in [0.5, 0.6) is 5.75 Å². The molecule has 0 bridgehead atoms. The van der Waals surface area contributed by atoms with Crippen molar-refractivity contribution in [3.05, 3.63) is 69.1 Å². The van der Waals surface area contributed by atoms with E-state index >= 15 is 0 Å². The maximum absolute atomic E-state index is 12.9. The van der Waals surface area contributed by atoms with Gasteiger partial charge in [-0.1, -0.05) is 25.1 Å². The second-order valence-corrected chi connectivity index (χ2v) is 8.18. The van der Waals surface area contributed by atoms with E-state index < -0.39 is 0 Å². The lowest BCUT2D eigenvalue weighted by molar-refractivity contribution is 0.415. The zero-order valence-corrected chi connectivity index (χ0v) is 16.7. The van der Waals surface area contributed by atoms with Crippen LogP contribution in [0.4, 0.5) is 0 Å². The molecule has 4 aromatic rings. The zero-order chi connectivity index (χ0) is 19.3. The summed E-state index contributed by atoms with van der Waals surface area (Å²) in [5, 5.41) is 3.07. The number of hydrogen-bond donors (Lipinski definition) is 0. The minimum absolute atomic E-state index is 0.0879. The second-order valence-electron chi connectivity index (χ2n) is 7.07. The number of rotatable bonds is 3. The molecule has 2 aromatic carbocycles. The van der Waals surface area contributed by atoms with Gasteiger partial charge in [-0.2, -0.15) is 0 Å². The minimum atomic E-state index is 0.0879. The first-order valence-corrected chi connectivity index (χ1v) is 10.3. The molecular weight excluding hydrogens is 368 g/mol. The van der Waals surface area contributed by atoms with Gasteiger partial charge in [-0.3, -0.25) is 9.36 Å². The lowest BCUT2D eigenvalue weighted by Gasteiger charge is -2.05. The Kier molecular flexibility index (Phi) is 4.05. The molecule has 4 nitrogen and oxygen atoms in total. The van der Waals surface area contributed by atoms with Crippen molar-refractivity contribution < 1.29 is 4.74 Å². The maximum atomic E-state index is 12.9. The van der Waals surface area contributed by atoms with E-state index in [0.717, 1.165) is 51.2 Å². The number of ether oxygens (including phenoxy) is 1. The summed E-state index contributed by atoms with van der Waals surface area (Å²) in [5.74, 6) is 1.68. The third kappa shape index (κ3) is 2.74. The second kappa shape index (κ2) is 6.60. The van der Waals surface area contributed by atoms with E-state index in [2.05, 4.69) is 37.3 Å². The first-order chi connectivity index (χ1) is 13.7. The highest BCUT2D eigenvalue weighted by atomic mass is 32.1. The van der Waals surface area contributed by atoms with Gasteiger partial charge in [0.25, 0.3) is 5.56 Å².